The molecule has 33 heavy (non-hydrogen) atoms. The van der Waals surface area contributed by atoms with Crippen molar-refractivity contribution < 1.29 is 14.9 Å². The third kappa shape index (κ3) is 3.94. The number of fused-ring (bicyclic) bond motifs is 5. The van der Waals surface area contributed by atoms with E-state index in [2.05, 4.69) is 25.0 Å². The first-order valence-corrected chi connectivity index (χ1v) is 13.1. The van der Waals surface area contributed by atoms with Crippen molar-refractivity contribution in [1.82, 2.24) is 9.78 Å². The van der Waals surface area contributed by atoms with Gasteiger partial charge in [-0.1, -0.05) is 13.8 Å². The van der Waals surface area contributed by atoms with Crippen molar-refractivity contribution in [3.8, 4) is 6.07 Å². The van der Waals surface area contributed by atoms with Gasteiger partial charge in [0.1, 0.15) is 6.07 Å². The van der Waals surface area contributed by atoms with Crippen LogP contribution >= 0.6 is 0 Å². The van der Waals surface area contributed by atoms with Crippen LogP contribution in [0.1, 0.15) is 70.8 Å². The van der Waals surface area contributed by atoms with Crippen LogP contribution in [0, 0.1) is 58.2 Å². The summed E-state index contributed by atoms with van der Waals surface area (Å²) in [4.78, 5) is 0. The lowest BCUT2D eigenvalue weighted by Crippen LogP contribution is -2.56. The van der Waals surface area contributed by atoms with Gasteiger partial charge in [-0.05, 0) is 98.2 Å². The van der Waals surface area contributed by atoms with E-state index in [1.807, 2.05) is 10.9 Å². The normalized spacial score (nSPS) is 45.5. The van der Waals surface area contributed by atoms with Gasteiger partial charge in [-0.25, -0.2) is 0 Å². The topological polar surface area (TPSA) is 91.3 Å². The monoisotopic (exact) mass is 455 g/mol. The summed E-state index contributed by atoms with van der Waals surface area (Å²) in [6.45, 7) is 6.05. The SMILES string of the molecule is COC[C@@]1(O)CC[C@H]2[C@H](CC[C@@H]3[C@@H]2[C@H](O)C[C@]2(C)[C@@H]([C@H](C)Cn4cc(C#N)cn4)CC[C@@H]32)C1. The standard InChI is InChI=1S/C27H41N3O3/c1-17(14-30-15-18(12-28)13-29-30)22-6-7-23-21-5-4-19-10-27(32,16-33-3)9-8-20(19)25(21)24(31)11-26(22,23)2/h13,15,17,19-25,31-32H,4-11,14,16H2,1-3H3/t17-,19-,20+,21+,22-,23+,24-,25-,26-,27-/m1/s1. The van der Waals surface area contributed by atoms with E-state index in [0.717, 1.165) is 32.2 Å². The largest absolute Gasteiger partial charge is 0.393 e. The minimum Gasteiger partial charge on any atom is -0.393 e. The van der Waals surface area contributed by atoms with E-state index in [1.54, 1.807) is 13.3 Å². The predicted octanol–water partition coefficient (Wildman–Crippen LogP) is 4.01. The number of ether oxygens (including phenoxy) is 1. The van der Waals surface area contributed by atoms with Crippen molar-refractivity contribution in [3.05, 3.63) is 18.0 Å². The number of aliphatic hydroxyl groups excluding tert-OH is 1. The molecule has 6 nitrogen and oxygen atoms in total. The number of aliphatic hydroxyl groups is 2. The molecule has 0 bridgehead atoms. The first kappa shape index (κ1) is 23.3. The lowest BCUT2D eigenvalue weighted by Gasteiger charge is -2.59. The van der Waals surface area contributed by atoms with Gasteiger partial charge < -0.3 is 14.9 Å². The van der Waals surface area contributed by atoms with Crippen molar-refractivity contribution in [2.24, 2.45) is 46.8 Å². The number of hydrogen-bond acceptors (Lipinski definition) is 5. The van der Waals surface area contributed by atoms with E-state index in [4.69, 9.17) is 10.00 Å². The summed E-state index contributed by atoms with van der Waals surface area (Å²) in [5.41, 5.74) is 0.113. The molecule has 0 aromatic carbocycles. The van der Waals surface area contributed by atoms with Gasteiger partial charge in [0, 0.05) is 19.9 Å². The predicted molar refractivity (Wildman–Crippen MR) is 125 cm³/mol. The molecule has 0 saturated heterocycles. The minimum absolute atomic E-state index is 0.170. The van der Waals surface area contributed by atoms with Crippen LogP contribution in [0.4, 0.5) is 0 Å². The molecular formula is C27H41N3O3. The van der Waals surface area contributed by atoms with Gasteiger partial charge in [0.15, 0.2) is 0 Å². The van der Waals surface area contributed by atoms with E-state index in [0.29, 0.717) is 53.6 Å². The maximum Gasteiger partial charge on any atom is 0.102 e. The first-order valence-electron chi connectivity index (χ1n) is 13.1. The molecule has 1 aromatic rings. The molecular weight excluding hydrogens is 414 g/mol. The Hall–Kier alpha value is -1.42. The van der Waals surface area contributed by atoms with Gasteiger partial charge in [-0.15, -0.1) is 0 Å². The molecule has 1 aromatic heterocycles. The lowest BCUT2D eigenvalue weighted by atomic mass is 9.47. The summed E-state index contributed by atoms with van der Waals surface area (Å²) in [6, 6.07) is 2.18. The number of rotatable bonds is 5. The van der Waals surface area contributed by atoms with Crippen LogP contribution in [-0.2, 0) is 11.3 Å². The number of hydrogen-bond donors (Lipinski definition) is 2. The maximum atomic E-state index is 11.6. The van der Waals surface area contributed by atoms with Crippen molar-refractivity contribution in [2.45, 2.75) is 83.5 Å². The molecule has 5 rings (SSSR count). The molecule has 10 atom stereocenters. The molecule has 4 aliphatic carbocycles. The maximum absolute atomic E-state index is 11.6. The Morgan fingerprint density at radius 2 is 2.06 bits per heavy atom. The second-order valence-corrected chi connectivity index (χ2v) is 12.3. The number of nitriles is 1. The van der Waals surface area contributed by atoms with Crippen LogP contribution in [-0.4, -0.2) is 45.4 Å². The average Bonchev–Trinajstić information content (AvgIpc) is 3.36. The van der Waals surface area contributed by atoms with Crippen LogP contribution < -0.4 is 0 Å². The van der Waals surface area contributed by atoms with E-state index in [9.17, 15) is 10.2 Å². The molecule has 0 radical (unpaired) electrons. The van der Waals surface area contributed by atoms with Crippen LogP contribution in [0.25, 0.3) is 0 Å². The Labute approximate surface area is 198 Å². The molecule has 0 aliphatic heterocycles. The quantitative estimate of drug-likeness (QED) is 0.700. The molecule has 1 heterocycles. The molecule has 2 N–H and O–H groups in total. The van der Waals surface area contributed by atoms with Gasteiger partial charge in [0.25, 0.3) is 0 Å². The summed E-state index contributed by atoms with van der Waals surface area (Å²) < 4.78 is 7.25. The Morgan fingerprint density at radius 1 is 1.24 bits per heavy atom. The number of aromatic nitrogens is 2. The Bertz CT molecular complexity index is 895. The fourth-order valence-electron chi connectivity index (χ4n) is 9.36. The summed E-state index contributed by atoms with van der Waals surface area (Å²) in [5.74, 6) is 3.79. The Balaban J connectivity index is 1.31. The smallest absolute Gasteiger partial charge is 0.102 e. The lowest BCUT2D eigenvalue weighted by molar-refractivity contribution is -0.161. The van der Waals surface area contributed by atoms with E-state index in [1.165, 1.54) is 25.7 Å². The fraction of sp³-hybridized carbons (Fsp3) is 0.852. The molecule has 0 spiro atoms. The highest BCUT2D eigenvalue weighted by Crippen LogP contribution is 2.65. The number of nitrogens with zero attached hydrogens (tertiary/aromatic N) is 3. The molecule has 182 valence electrons. The summed E-state index contributed by atoms with van der Waals surface area (Å²) in [7, 11) is 1.68. The van der Waals surface area contributed by atoms with E-state index < -0.39 is 5.60 Å². The zero-order chi connectivity index (χ0) is 23.4. The van der Waals surface area contributed by atoms with Gasteiger partial charge in [0.05, 0.1) is 30.1 Å². The van der Waals surface area contributed by atoms with Gasteiger partial charge in [-0.2, -0.15) is 10.4 Å². The zero-order valence-electron chi connectivity index (χ0n) is 20.5. The molecule has 0 amide bonds. The molecule has 0 unspecified atom stereocenters. The summed E-state index contributed by atoms with van der Waals surface area (Å²) >= 11 is 0. The van der Waals surface area contributed by atoms with Crippen LogP contribution in [0.2, 0.25) is 0 Å². The van der Waals surface area contributed by atoms with Gasteiger partial charge >= 0.3 is 0 Å². The molecule has 4 saturated carbocycles. The van der Waals surface area contributed by atoms with Crippen LogP contribution in [0.5, 0.6) is 0 Å². The zero-order valence-corrected chi connectivity index (χ0v) is 20.5. The second-order valence-electron chi connectivity index (χ2n) is 12.3. The highest BCUT2D eigenvalue weighted by atomic mass is 16.5. The Kier molecular flexibility index (Phi) is 6.12. The van der Waals surface area contributed by atoms with Gasteiger partial charge in [-0.3, -0.25) is 4.68 Å². The van der Waals surface area contributed by atoms with E-state index >= 15 is 0 Å². The molecule has 6 heteroatoms. The van der Waals surface area contributed by atoms with Crippen LogP contribution in [0.15, 0.2) is 12.4 Å². The summed E-state index contributed by atoms with van der Waals surface area (Å²) in [5, 5.41) is 36.1. The third-order valence-corrected chi connectivity index (χ3v) is 10.5. The molecule has 4 fully saturated rings. The van der Waals surface area contributed by atoms with E-state index in [-0.39, 0.29) is 11.5 Å². The Morgan fingerprint density at radius 3 is 2.79 bits per heavy atom. The fourth-order valence-corrected chi connectivity index (χ4v) is 9.36. The summed E-state index contributed by atoms with van der Waals surface area (Å²) in [6.07, 6.45) is 11.7. The molecule has 4 aliphatic rings. The minimum atomic E-state index is -0.678. The van der Waals surface area contributed by atoms with Crippen molar-refractivity contribution in [2.75, 3.05) is 13.7 Å². The number of methoxy groups -OCH3 is 1. The highest BCUT2D eigenvalue weighted by Gasteiger charge is 2.61. The van der Waals surface area contributed by atoms with Crippen molar-refractivity contribution >= 4 is 0 Å². The highest BCUT2D eigenvalue weighted by molar-refractivity contribution is 5.21. The first-order chi connectivity index (χ1) is 15.8. The average molecular weight is 456 g/mol. The van der Waals surface area contributed by atoms with Crippen molar-refractivity contribution in [1.29, 1.82) is 5.26 Å². The van der Waals surface area contributed by atoms with Crippen LogP contribution in [0.3, 0.4) is 0 Å². The van der Waals surface area contributed by atoms with Gasteiger partial charge in [0.2, 0.25) is 0 Å². The second kappa shape index (κ2) is 8.66. The van der Waals surface area contributed by atoms with Crippen molar-refractivity contribution in [3.63, 3.8) is 0 Å². The third-order valence-electron chi connectivity index (χ3n) is 10.5.